The molecule has 2 rings (SSSR count). The standard InChI is InChI=1S/C15H18N2O5S/c1-21-10-3-9-16-23(19,20)13-7-5-12(6-8-13)17-15(18)14-4-2-11-22-14/h2,4-8,11,16H,3,9-10H2,1H3,(H,17,18). The fourth-order valence-corrected chi connectivity index (χ4v) is 2.90. The number of sulfonamides is 1. The minimum atomic E-state index is -3.57. The quantitative estimate of drug-likeness (QED) is 0.716. The molecule has 7 nitrogen and oxygen atoms in total. The van der Waals surface area contributed by atoms with E-state index in [0.29, 0.717) is 25.3 Å². The molecule has 0 unspecified atom stereocenters. The molecule has 2 aromatic rings. The second-order valence-corrected chi connectivity index (χ2v) is 6.47. The van der Waals surface area contributed by atoms with Crippen molar-refractivity contribution >= 4 is 21.6 Å². The third kappa shape index (κ3) is 4.92. The first kappa shape index (κ1) is 17.2. The average Bonchev–Trinajstić information content (AvgIpc) is 3.07. The summed E-state index contributed by atoms with van der Waals surface area (Å²) in [5, 5.41) is 2.62. The van der Waals surface area contributed by atoms with Gasteiger partial charge in [0.15, 0.2) is 5.76 Å². The summed E-state index contributed by atoms with van der Waals surface area (Å²) >= 11 is 0. The van der Waals surface area contributed by atoms with Crippen LogP contribution in [0.1, 0.15) is 17.0 Å². The molecule has 1 heterocycles. The molecule has 0 aliphatic rings. The number of carbonyl (C=O) groups is 1. The van der Waals surface area contributed by atoms with Crippen LogP contribution in [0.4, 0.5) is 5.69 Å². The molecule has 1 aromatic carbocycles. The van der Waals surface area contributed by atoms with Gasteiger partial charge in [0, 0.05) is 25.9 Å². The summed E-state index contributed by atoms with van der Waals surface area (Å²) in [4.78, 5) is 11.9. The minimum Gasteiger partial charge on any atom is -0.459 e. The topological polar surface area (TPSA) is 97.6 Å². The van der Waals surface area contributed by atoms with Crippen molar-refractivity contribution in [2.45, 2.75) is 11.3 Å². The third-order valence-electron chi connectivity index (χ3n) is 2.98. The highest BCUT2D eigenvalue weighted by atomic mass is 32.2. The molecule has 124 valence electrons. The minimum absolute atomic E-state index is 0.130. The highest BCUT2D eigenvalue weighted by Gasteiger charge is 2.14. The van der Waals surface area contributed by atoms with E-state index in [9.17, 15) is 13.2 Å². The van der Waals surface area contributed by atoms with Crippen LogP contribution in [0, 0.1) is 0 Å². The van der Waals surface area contributed by atoms with Gasteiger partial charge in [0.2, 0.25) is 10.0 Å². The van der Waals surface area contributed by atoms with Crippen molar-refractivity contribution in [3.63, 3.8) is 0 Å². The average molecular weight is 338 g/mol. The molecule has 8 heteroatoms. The first-order valence-electron chi connectivity index (χ1n) is 6.96. The molecule has 0 saturated heterocycles. The predicted molar refractivity (Wildman–Crippen MR) is 84.8 cm³/mol. The van der Waals surface area contributed by atoms with Crippen molar-refractivity contribution in [2.24, 2.45) is 0 Å². The molecular formula is C15H18N2O5S. The molecule has 0 bridgehead atoms. The number of amides is 1. The largest absolute Gasteiger partial charge is 0.459 e. The van der Waals surface area contributed by atoms with Gasteiger partial charge < -0.3 is 14.5 Å². The van der Waals surface area contributed by atoms with E-state index in [1.807, 2.05) is 0 Å². The number of carbonyl (C=O) groups excluding carboxylic acids is 1. The molecule has 0 spiro atoms. The van der Waals surface area contributed by atoms with Gasteiger partial charge >= 0.3 is 0 Å². The van der Waals surface area contributed by atoms with E-state index in [1.165, 1.54) is 36.6 Å². The highest BCUT2D eigenvalue weighted by molar-refractivity contribution is 7.89. The van der Waals surface area contributed by atoms with Crippen molar-refractivity contribution in [1.82, 2.24) is 4.72 Å². The molecule has 23 heavy (non-hydrogen) atoms. The molecule has 0 saturated carbocycles. The van der Waals surface area contributed by atoms with Crippen LogP contribution in [0.15, 0.2) is 52.0 Å². The van der Waals surface area contributed by atoms with Crippen molar-refractivity contribution in [3.8, 4) is 0 Å². The Morgan fingerprint density at radius 3 is 2.57 bits per heavy atom. The Bertz CT molecular complexity index is 724. The van der Waals surface area contributed by atoms with E-state index >= 15 is 0 Å². The van der Waals surface area contributed by atoms with Gasteiger partial charge in [0.05, 0.1) is 11.2 Å². The van der Waals surface area contributed by atoms with Crippen LogP contribution in [0.25, 0.3) is 0 Å². The van der Waals surface area contributed by atoms with Crippen LogP contribution in [0.2, 0.25) is 0 Å². The number of methoxy groups -OCH3 is 1. The number of anilines is 1. The summed E-state index contributed by atoms with van der Waals surface area (Å²) in [6.07, 6.45) is 1.99. The maximum Gasteiger partial charge on any atom is 0.291 e. The number of furan rings is 1. The van der Waals surface area contributed by atoms with Gasteiger partial charge in [-0.15, -0.1) is 0 Å². The van der Waals surface area contributed by atoms with Gasteiger partial charge in [-0.3, -0.25) is 4.79 Å². The zero-order valence-electron chi connectivity index (χ0n) is 12.6. The molecule has 0 fully saturated rings. The summed E-state index contributed by atoms with van der Waals surface area (Å²) in [7, 11) is -2.01. The Labute approximate surface area is 134 Å². The fraction of sp³-hybridized carbons (Fsp3) is 0.267. The Morgan fingerprint density at radius 1 is 1.22 bits per heavy atom. The number of hydrogen-bond donors (Lipinski definition) is 2. The first-order chi connectivity index (χ1) is 11.0. The van der Waals surface area contributed by atoms with Crippen LogP contribution >= 0.6 is 0 Å². The number of ether oxygens (including phenoxy) is 1. The third-order valence-corrected chi connectivity index (χ3v) is 4.46. The molecule has 1 amide bonds. The molecule has 0 aliphatic carbocycles. The maximum absolute atomic E-state index is 12.1. The Hall–Kier alpha value is -2.16. The van der Waals surface area contributed by atoms with Crippen LogP contribution < -0.4 is 10.0 Å². The van der Waals surface area contributed by atoms with Gasteiger partial charge in [-0.1, -0.05) is 0 Å². The second-order valence-electron chi connectivity index (χ2n) is 4.70. The molecule has 1 aromatic heterocycles. The van der Waals surface area contributed by atoms with Gasteiger partial charge in [-0.25, -0.2) is 13.1 Å². The summed E-state index contributed by atoms with van der Waals surface area (Å²) in [5.74, 6) is -0.218. The number of nitrogens with one attached hydrogen (secondary N) is 2. The molecule has 2 N–H and O–H groups in total. The predicted octanol–water partition coefficient (Wildman–Crippen LogP) is 1.85. The zero-order chi connectivity index (χ0) is 16.7. The maximum atomic E-state index is 12.1. The molecular weight excluding hydrogens is 320 g/mol. The van der Waals surface area contributed by atoms with Gasteiger partial charge in [0.1, 0.15) is 0 Å². The van der Waals surface area contributed by atoms with Gasteiger partial charge in [-0.05, 0) is 42.8 Å². The summed E-state index contributed by atoms with van der Waals surface area (Å²) in [6, 6.07) is 9.04. The zero-order valence-corrected chi connectivity index (χ0v) is 13.4. The SMILES string of the molecule is COCCCNS(=O)(=O)c1ccc(NC(=O)c2ccco2)cc1. The van der Waals surface area contributed by atoms with Crippen molar-refractivity contribution in [3.05, 3.63) is 48.4 Å². The van der Waals surface area contributed by atoms with Crippen molar-refractivity contribution < 1.29 is 22.4 Å². The summed E-state index contributed by atoms with van der Waals surface area (Å²) in [5.41, 5.74) is 0.477. The lowest BCUT2D eigenvalue weighted by atomic mass is 10.3. The molecule has 0 aliphatic heterocycles. The fourth-order valence-electron chi connectivity index (χ4n) is 1.82. The summed E-state index contributed by atoms with van der Waals surface area (Å²) in [6.45, 7) is 0.785. The molecule has 0 atom stereocenters. The van der Waals surface area contributed by atoms with E-state index in [1.54, 1.807) is 13.2 Å². The van der Waals surface area contributed by atoms with Crippen molar-refractivity contribution in [1.29, 1.82) is 0 Å². The summed E-state index contributed by atoms with van der Waals surface area (Å²) < 4.78 is 36.4. The van der Waals surface area contributed by atoms with Gasteiger partial charge in [0.25, 0.3) is 5.91 Å². The van der Waals surface area contributed by atoms with E-state index < -0.39 is 15.9 Å². The van der Waals surface area contributed by atoms with Gasteiger partial charge in [-0.2, -0.15) is 0 Å². The second kappa shape index (κ2) is 7.91. The van der Waals surface area contributed by atoms with Crippen LogP contribution in [-0.4, -0.2) is 34.6 Å². The Morgan fingerprint density at radius 2 is 1.96 bits per heavy atom. The van der Waals surface area contributed by atoms with E-state index in [4.69, 9.17) is 9.15 Å². The molecule has 0 radical (unpaired) electrons. The lowest BCUT2D eigenvalue weighted by molar-refractivity contribution is 0.0996. The van der Waals surface area contributed by atoms with E-state index in [0.717, 1.165) is 0 Å². The number of benzene rings is 1. The van der Waals surface area contributed by atoms with Crippen molar-refractivity contribution in [2.75, 3.05) is 25.6 Å². The smallest absolute Gasteiger partial charge is 0.291 e. The highest BCUT2D eigenvalue weighted by Crippen LogP contribution is 2.15. The lowest BCUT2D eigenvalue weighted by Gasteiger charge is -2.08. The van der Waals surface area contributed by atoms with Crippen LogP contribution in [-0.2, 0) is 14.8 Å². The number of rotatable bonds is 8. The first-order valence-corrected chi connectivity index (χ1v) is 8.45. The number of hydrogen-bond acceptors (Lipinski definition) is 5. The Kier molecular flexibility index (Phi) is 5.91. The van der Waals surface area contributed by atoms with Crippen LogP contribution in [0.3, 0.4) is 0 Å². The van der Waals surface area contributed by atoms with E-state index in [2.05, 4.69) is 10.0 Å². The monoisotopic (exact) mass is 338 g/mol. The lowest BCUT2D eigenvalue weighted by Crippen LogP contribution is -2.25. The van der Waals surface area contributed by atoms with E-state index in [-0.39, 0.29) is 10.7 Å². The normalized spacial score (nSPS) is 11.3. The Balaban J connectivity index is 1.97. The van der Waals surface area contributed by atoms with Crippen LogP contribution in [0.5, 0.6) is 0 Å².